The molecule has 1 fully saturated rings. The van der Waals surface area contributed by atoms with Gasteiger partial charge < -0.3 is 5.32 Å². The van der Waals surface area contributed by atoms with Gasteiger partial charge in [0.05, 0.1) is 6.04 Å². The summed E-state index contributed by atoms with van der Waals surface area (Å²) in [6.07, 6.45) is 4.94. The molecule has 1 N–H and O–H groups in total. The van der Waals surface area contributed by atoms with Crippen LogP contribution in [0.4, 0.5) is 5.69 Å². The predicted octanol–water partition coefficient (Wildman–Crippen LogP) is 4.56. The molecular formula is C21H26N2O. The van der Waals surface area contributed by atoms with Crippen LogP contribution < -0.4 is 5.32 Å². The maximum absolute atomic E-state index is 12.8. The Morgan fingerprint density at radius 1 is 0.917 bits per heavy atom. The first kappa shape index (κ1) is 16.7. The molecule has 2 aromatic carbocycles. The molecule has 1 amide bonds. The zero-order valence-corrected chi connectivity index (χ0v) is 14.4. The summed E-state index contributed by atoms with van der Waals surface area (Å²) in [4.78, 5) is 15.1. The van der Waals surface area contributed by atoms with Gasteiger partial charge in [0.2, 0.25) is 5.91 Å². The third kappa shape index (κ3) is 4.04. The molecule has 0 bridgehead atoms. The average molecular weight is 322 g/mol. The number of benzene rings is 2. The number of hydrogen-bond acceptors (Lipinski definition) is 2. The Morgan fingerprint density at radius 2 is 1.54 bits per heavy atom. The fourth-order valence-electron chi connectivity index (χ4n) is 3.35. The Hall–Kier alpha value is -2.13. The van der Waals surface area contributed by atoms with Crippen LogP contribution in [-0.4, -0.2) is 29.9 Å². The van der Waals surface area contributed by atoms with Crippen LogP contribution >= 0.6 is 0 Å². The highest BCUT2D eigenvalue weighted by molar-refractivity contribution is 5.98. The van der Waals surface area contributed by atoms with E-state index in [1.54, 1.807) is 0 Å². The molecule has 3 nitrogen and oxygen atoms in total. The molecule has 0 aliphatic carbocycles. The van der Waals surface area contributed by atoms with E-state index in [4.69, 9.17) is 0 Å². The van der Waals surface area contributed by atoms with Gasteiger partial charge in [0.15, 0.2) is 0 Å². The zero-order chi connectivity index (χ0) is 16.8. The molecule has 1 aliphatic rings. The van der Waals surface area contributed by atoms with Crippen molar-refractivity contribution in [1.82, 2.24) is 4.90 Å². The van der Waals surface area contributed by atoms with Crippen LogP contribution in [0.2, 0.25) is 0 Å². The minimum atomic E-state index is -0.0908. The highest BCUT2D eigenvalue weighted by atomic mass is 16.2. The molecule has 1 saturated heterocycles. The molecule has 1 atom stereocenters. The number of nitrogens with one attached hydrogen (secondary N) is 1. The second kappa shape index (κ2) is 8.11. The summed E-state index contributed by atoms with van der Waals surface area (Å²) in [5, 5.41) is 3.15. The Bertz CT molecular complexity index is 661. The summed E-state index contributed by atoms with van der Waals surface area (Å²) in [6.45, 7) is 4.07. The quantitative estimate of drug-likeness (QED) is 0.895. The van der Waals surface area contributed by atoms with Crippen molar-refractivity contribution in [3.8, 4) is 11.1 Å². The van der Waals surface area contributed by atoms with Gasteiger partial charge >= 0.3 is 0 Å². The van der Waals surface area contributed by atoms with E-state index in [-0.39, 0.29) is 11.9 Å². The zero-order valence-electron chi connectivity index (χ0n) is 14.4. The maximum Gasteiger partial charge on any atom is 0.241 e. The minimum absolute atomic E-state index is 0.0836. The number of carbonyl (C=O) groups is 1. The Kier molecular flexibility index (Phi) is 5.65. The second-order valence-electron chi connectivity index (χ2n) is 6.53. The average Bonchev–Trinajstić information content (AvgIpc) is 2.91. The first-order chi connectivity index (χ1) is 11.8. The predicted molar refractivity (Wildman–Crippen MR) is 100 cm³/mol. The molecule has 3 rings (SSSR count). The first-order valence-electron chi connectivity index (χ1n) is 8.95. The number of rotatable bonds is 4. The van der Waals surface area contributed by atoms with Gasteiger partial charge in [-0.3, -0.25) is 9.69 Å². The normalized spacial score (nSPS) is 17.0. The van der Waals surface area contributed by atoms with Crippen LogP contribution in [0.1, 0.15) is 32.6 Å². The Labute approximate surface area is 144 Å². The number of anilines is 1. The number of amides is 1. The van der Waals surface area contributed by atoms with Gasteiger partial charge in [-0.2, -0.15) is 0 Å². The summed E-state index contributed by atoms with van der Waals surface area (Å²) in [5.74, 6) is 0.0836. The largest absolute Gasteiger partial charge is 0.324 e. The summed E-state index contributed by atoms with van der Waals surface area (Å²) in [5.41, 5.74) is 3.07. The molecule has 3 heteroatoms. The molecular weight excluding hydrogens is 296 g/mol. The van der Waals surface area contributed by atoms with Crippen molar-refractivity contribution in [2.45, 2.75) is 38.6 Å². The van der Waals surface area contributed by atoms with Crippen molar-refractivity contribution in [3.05, 3.63) is 54.6 Å². The number of para-hydroxylation sites is 1. The highest BCUT2D eigenvalue weighted by Crippen LogP contribution is 2.27. The van der Waals surface area contributed by atoms with Crippen molar-refractivity contribution in [3.63, 3.8) is 0 Å². The summed E-state index contributed by atoms with van der Waals surface area (Å²) < 4.78 is 0. The van der Waals surface area contributed by atoms with E-state index in [1.165, 1.54) is 25.7 Å². The summed E-state index contributed by atoms with van der Waals surface area (Å²) in [7, 11) is 0. The lowest BCUT2D eigenvalue weighted by atomic mass is 10.0. The topological polar surface area (TPSA) is 32.3 Å². The fraction of sp³-hybridized carbons (Fsp3) is 0.381. The summed E-state index contributed by atoms with van der Waals surface area (Å²) in [6, 6.07) is 18.1. The molecule has 2 aromatic rings. The molecule has 0 saturated carbocycles. The van der Waals surface area contributed by atoms with Crippen molar-refractivity contribution in [2.75, 3.05) is 18.4 Å². The molecule has 1 aliphatic heterocycles. The molecule has 0 aromatic heterocycles. The number of carbonyl (C=O) groups excluding carboxylic acids is 1. The molecule has 1 heterocycles. The third-order valence-corrected chi connectivity index (χ3v) is 4.84. The lowest BCUT2D eigenvalue weighted by Crippen LogP contribution is -2.42. The van der Waals surface area contributed by atoms with Gasteiger partial charge in [-0.05, 0) is 44.5 Å². The van der Waals surface area contributed by atoms with Crippen molar-refractivity contribution >= 4 is 11.6 Å². The van der Waals surface area contributed by atoms with Gasteiger partial charge in [-0.25, -0.2) is 0 Å². The van der Waals surface area contributed by atoms with Crippen LogP contribution in [0, 0.1) is 0 Å². The molecule has 0 unspecified atom stereocenters. The molecule has 24 heavy (non-hydrogen) atoms. The number of nitrogens with zero attached hydrogens (tertiary/aromatic N) is 1. The highest BCUT2D eigenvalue weighted by Gasteiger charge is 2.22. The van der Waals surface area contributed by atoms with Gasteiger partial charge in [0.25, 0.3) is 0 Å². The third-order valence-electron chi connectivity index (χ3n) is 4.84. The number of likely N-dealkylation sites (tertiary alicyclic amines) is 1. The van der Waals surface area contributed by atoms with Crippen molar-refractivity contribution in [1.29, 1.82) is 0 Å². The smallest absolute Gasteiger partial charge is 0.241 e. The molecule has 0 radical (unpaired) electrons. The van der Waals surface area contributed by atoms with Crippen LogP contribution in [0.3, 0.4) is 0 Å². The van der Waals surface area contributed by atoms with Crippen LogP contribution in [0.25, 0.3) is 11.1 Å². The molecule has 0 spiro atoms. The second-order valence-corrected chi connectivity index (χ2v) is 6.53. The Morgan fingerprint density at radius 3 is 2.25 bits per heavy atom. The van der Waals surface area contributed by atoms with E-state index in [0.717, 1.165) is 29.9 Å². The Balaban J connectivity index is 1.75. The standard InChI is InChI=1S/C21H26N2O/c1-17(23-15-9-2-3-10-16-23)21(24)22-20-14-8-7-13-19(20)18-11-5-4-6-12-18/h4-8,11-14,17H,2-3,9-10,15-16H2,1H3,(H,22,24)/t17-/m0/s1. The van der Waals surface area contributed by atoms with E-state index < -0.39 is 0 Å². The number of hydrogen-bond donors (Lipinski definition) is 1. The van der Waals surface area contributed by atoms with E-state index in [0.29, 0.717) is 0 Å². The lowest BCUT2D eigenvalue weighted by molar-refractivity contribution is -0.120. The van der Waals surface area contributed by atoms with Gasteiger partial charge in [0, 0.05) is 11.3 Å². The van der Waals surface area contributed by atoms with E-state index in [2.05, 4.69) is 28.4 Å². The maximum atomic E-state index is 12.8. The van der Waals surface area contributed by atoms with Gasteiger partial charge in [-0.15, -0.1) is 0 Å². The van der Waals surface area contributed by atoms with Gasteiger partial charge in [-0.1, -0.05) is 61.4 Å². The van der Waals surface area contributed by atoms with Gasteiger partial charge in [0.1, 0.15) is 0 Å². The van der Waals surface area contributed by atoms with Crippen molar-refractivity contribution < 1.29 is 4.79 Å². The first-order valence-corrected chi connectivity index (χ1v) is 8.95. The fourth-order valence-corrected chi connectivity index (χ4v) is 3.35. The summed E-state index contributed by atoms with van der Waals surface area (Å²) >= 11 is 0. The monoisotopic (exact) mass is 322 g/mol. The van der Waals surface area contributed by atoms with Crippen LogP contribution in [0.5, 0.6) is 0 Å². The van der Waals surface area contributed by atoms with Crippen LogP contribution in [0.15, 0.2) is 54.6 Å². The lowest BCUT2D eigenvalue weighted by Gasteiger charge is -2.27. The van der Waals surface area contributed by atoms with E-state index >= 15 is 0 Å². The SMILES string of the molecule is C[C@@H](C(=O)Nc1ccccc1-c1ccccc1)N1CCCCCC1. The van der Waals surface area contributed by atoms with E-state index in [1.807, 2.05) is 43.3 Å². The molecule has 126 valence electrons. The van der Waals surface area contributed by atoms with Crippen molar-refractivity contribution in [2.24, 2.45) is 0 Å². The van der Waals surface area contributed by atoms with E-state index in [9.17, 15) is 4.79 Å². The minimum Gasteiger partial charge on any atom is -0.324 e. The van der Waals surface area contributed by atoms with Crippen LogP contribution in [-0.2, 0) is 4.79 Å².